The third-order valence-electron chi connectivity index (χ3n) is 7.45. The van der Waals surface area contributed by atoms with Crippen molar-refractivity contribution in [2.45, 2.75) is 43.7 Å². The Hall–Kier alpha value is -3.79. The van der Waals surface area contributed by atoms with Gasteiger partial charge in [-0.3, -0.25) is 4.79 Å². The Morgan fingerprint density at radius 1 is 1.09 bits per heavy atom. The standard InChI is InChI=1S/C27H26N2O5/c1-2-7-23(24(30)31)29-25(32)27-13-16(27)12-17(14-27)28-26(33)34-15-22-20-10-5-3-8-18(20)19-9-4-6-11-21(19)22/h1,3-6,8-11,16-17,22-23H,7,12-15H2,(H,28,33)(H,29,32)(H,30,31)/t16-,17+,23?,27+/m1/s1. The molecule has 3 aliphatic rings. The highest BCUT2D eigenvalue weighted by Gasteiger charge is 2.65. The fourth-order valence-electron chi connectivity index (χ4n) is 5.71. The van der Waals surface area contributed by atoms with Crippen molar-refractivity contribution in [1.82, 2.24) is 10.6 Å². The van der Waals surface area contributed by atoms with Crippen LogP contribution in [-0.2, 0) is 14.3 Å². The monoisotopic (exact) mass is 458 g/mol. The van der Waals surface area contributed by atoms with Gasteiger partial charge in [0.2, 0.25) is 5.91 Å². The second-order valence-corrected chi connectivity index (χ2v) is 9.44. The zero-order chi connectivity index (χ0) is 23.9. The number of fused-ring (bicyclic) bond motifs is 4. The molecule has 0 aliphatic heterocycles. The van der Waals surface area contributed by atoms with E-state index in [1.807, 2.05) is 24.3 Å². The highest BCUT2D eigenvalue weighted by atomic mass is 16.5. The van der Waals surface area contributed by atoms with Crippen molar-refractivity contribution in [3.63, 3.8) is 0 Å². The molecule has 0 radical (unpaired) electrons. The molecule has 0 bridgehead atoms. The minimum Gasteiger partial charge on any atom is -0.480 e. The molecule has 0 heterocycles. The summed E-state index contributed by atoms with van der Waals surface area (Å²) in [5, 5.41) is 14.7. The Kier molecular flexibility index (Phi) is 5.52. The number of alkyl carbamates (subject to hydrolysis) is 1. The van der Waals surface area contributed by atoms with Crippen LogP contribution < -0.4 is 10.6 Å². The number of carboxylic acid groups (broad SMARTS) is 1. The lowest BCUT2D eigenvalue weighted by atomic mass is 9.98. The van der Waals surface area contributed by atoms with Gasteiger partial charge in [-0.1, -0.05) is 48.5 Å². The maximum atomic E-state index is 12.8. The van der Waals surface area contributed by atoms with Gasteiger partial charge in [0, 0.05) is 18.4 Å². The Bertz CT molecular complexity index is 1160. The number of hydrogen-bond donors (Lipinski definition) is 3. The number of carboxylic acids is 1. The average molecular weight is 459 g/mol. The van der Waals surface area contributed by atoms with E-state index in [9.17, 15) is 19.5 Å². The van der Waals surface area contributed by atoms with Crippen molar-refractivity contribution in [2.75, 3.05) is 6.61 Å². The SMILES string of the molecule is C#CCC(NC(=O)[C@@]12C[C@@H](NC(=O)OCC3c4ccccc4-c4ccccc43)C[C@@H]1C2)C(=O)O. The summed E-state index contributed by atoms with van der Waals surface area (Å²) in [5.41, 5.74) is 4.01. The highest BCUT2D eigenvalue weighted by Crippen LogP contribution is 2.63. The molecule has 3 N–H and O–H groups in total. The normalized spacial score (nSPS) is 24.7. The Morgan fingerprint density at radius 2 is 1.74 bits per heavy atom. The first kappa shape index (κ1) is 22.0. The molecule has 2 aromatic rings. The van der Waals surface area contributed by atoms with Crippen molar-refractivity contribution < 1.29 is 24.2 Å². The lowest BCUT2D eigenvalue weighted by Gasteiger charge is -2.20. The maximum Gasteiger partial charge on any atom is 0.407 e. The van der Waals surface area contributed by atoms with Crippen LogP contribution >= 0.6 is 0 Å². The Labute approximate surface area is 197 Å². The molecule has 7 nitrogen and oxygen atoms in total. The van der Waals surface area contributed by atoms with Crippen molar-refractivity contribution in [3.05, 3.63) is 59.7 Å². The summed E-state index contributed by atoms with van der Waals surface area (Å²) in [4.78, 5) is 36.7. The van der Waals surface area contributed by atoms with E-state index >= 15 is 0 Å². The van der Waals surface area contributed by atoms with E-state index in [0.717, 1.165) is 11.1 Å². The van der Waals surface area contributed by atoms with Gasteiger partial charge in [0.05, 0.1) is 5.41 Å². The minimum absolute atomic E-state index is 0.0173. The van der Waals surface area contributed by atoms with Crippen LogP contribution in [0.2, 0.25) is 0 Å². The van der Waals surface area contributed by atoms with E-state index < -0.39 is 23.5 Å². The van der Waals surface area contributed by atoms with E-state index in [1.165, 1.54) is 11.1 Å². The molecule has 2 fully saturated rings. The fourth-order valence-corrected chi connectivity index (χ4v) is 5.71. The molecular formula is C27H26N2O5. The number of carbonyl (C=O) groups excluding carboxylic acids is 2. The second kappa shape index (κ2) is 8.53. The molecular weight excluding hydrogens is 432 g/mol. The van der Waals surface area contributed by atoms with Crippen LogP contribution in [0.5, 0.6) is 0 Å². The van der Waals surface area contributed by atoms with Gasteiger partial charge in [0.25, 0.3) is 0 Å². The lowest BCUT2D eigenvalue weighted by molar-refractivity contribution is -0.142. The molecule has 1 unspecified atom stereocenters. The van der Waals surface area contributed by atoms with Gasteiger partial charge in [-0.05, 0) is 47.4 Å². The summed E-state index contributed by atoms with van der Waals surface area (Å²) in [6.07, 6.45) is 6.49. The van der Waals surface area contributed by atoms with Crippen LogP contribution in [0.4, 0.5) is 4.79 Å². The quantitative estimate of drug-likeness (QED) is 0.553. The summed E-state index contributed by atoms with van der Waals surface area (Å²) in [6.45, 7) is 0.230. The molecule has 2 aromatic carbocycles. The molecule has 0 saturated heterocycles. The zero-order valence-electron chi connectivity index (χ0n) is 18.6. The number of ether oxygens (including phenoxy) is 1. The summed E-state index contributed by atoms with van der Waals surface area (Å²) in [7, 11) is 0. The van der Waals surface area contributed by atoms with E-state index in [-0.39, 0.29) is 36.8 Å². The number of aliphatic carboxylic acids is 1. The van der Waals surface area contributed by atoms with Gasteiger partial charge in [0.15, 0.2) is 0 Å². The van der Waals surface area contributed by atoms with Gasteiger partial charge in [-0.25, -0.2) is 9.59 Å². The van der Waals surface area contributed by atoms with Gasteiger partial charge < -0.3 is 20.5 Å². The predicted octanol–water partition coefficient (Wildman–Crippen LogP) is 3.29. The van der Waals surface area contributed by atoms with Crippen LogP contribution in [0.15, 0.2) is 48.5 Å². The number of carbonyl (C=O) groups is 3. The summed E-state index contributed by atoms with van der Waals surface area (Å²) < 4.78 is 5.62. The smallest absolute Gasteiger partial charge is 0.407 e. The molecule has 7 heteroatoms. The summed E-state index contributed by atoms with van der Waals surface area (Å²) in [6, 6.07) is 15.0. The Morgan fingerprint density at radius 3 is 2.35 bits per heavy atom. The van der Waals surface area contributed by atoms with Crippen LogP contribution in [0.25, 0.3) is 11.1 Å². The number of benzene rings is 2. The first-order valence-corrected chi connectivity index (χ1v) is 11.5. The number of terminal acetylenes is 1. The van der Waals surface area contributed by atoms with Crippen molar-refractivity contribution in [1.29, 1.82) is 0 Å². The highest BCUT2D eigenvalue weighted by molar-refractivity contribution is 5.90. The van der Waals surface area contributed by atoms with Gasteiger partial charge in [-0.2, -0.15) is 0 Å². The van der Waals surface area contributed by atoms with Crippen LogP contribution in [0.1, 0.15) is 42.7 Å². The van der Waals surface area contributed by atoms with Crippen molar-refractivity contribution >= 4 is 18.0 Å². The van der Waals surface area contributed by atoms with E-state index in [4.69, 9.17) is 11.2 Å². The number of rotatable bonds is 7. The van der Waals surface area contributed by atoms with E-state index in [1.54, 1.807) is 0 Å². The van der Waals surface area contributed by atoms with Gasteiger partial charge in [0.1, 0.15) is 12.6 Å². The zero-order valence-corrected chi connectivity index (χ0v) is 18.6. The molecule has 2 amide bonds. The second-order valence-electron chi connectivity index (χ2n) is 9.44. The van der Waals surface area contributed by atoms with Crippen molar-refractivity contribution in [3.8, 4) is 23.5 Å². The third-order valence-corrected chi connectivity index (χ3v) is 7.45. The van der Waals surface area contributed by atoms with Gasteiger partial charge >= 0.3 is 12.1 Å². The molecule has 2 saturated carbocycles. The number of amides is 2. The number of nitrogens with one attached hydrogen (secondary N) is 2. The maximum absolute atomic E-state index is 12.8. The molecule has 0 spiro atoms. The van der Waals surface area contributed by atoms with Crippen LogP contribution in [0, 0.1) is 23.7 Å². The molecule has 5 rings (SSSR count). The fraction of sp³-hybridized carbons (Fsp3) is 0.370. The molecule has 3 aliphatic carbocycles. The van der Waals surface area contributed by atoms with Crippen molar-refractivity contribution in [2.24, 2.45) is 11.3 Å². The molecule has 4 atom stereocenters. The summed E-state index contributed by atoms with van der Waals surface area (Å²) >= 11 is 0. The largest absolute Gasteiger partial charge is 0.480 e. The first-order valence-electron chi connectivity index (χ1n) is 11.5. The first-order chi connectivity index (χ1) is 16.4. The molecule has 0 aromatic heterocycles. The van der Waals surface area contributed by atoms with E-state index in [2.05, 4.69) is 40.8 Å². The molecule has 34 heavy (non-hydrogen) atoms. The minimum atomic E-state index is -1.15. The topological polar surface area (TPSA) is 105 Å². The predicted molar refractivity (Wildman–Crippen MR) is 125 cm³/mol. The van der Waals surface area contributed by atoms with Gasteiger partial charge in [-0.15, -0.1) is 12.3 Å². The van der Waals surface area contributed by atoms with Crippen LogP contribution in [0.3, 0.4) is 0 Å². The summed E-state index contributed by atoms with van der Waals surface area (Å²) in [5.74, 6) is 0.959. The molecule has 174 valence electrons. The van der Waals surface area contributed by atoms with E-state index in [0.29, 0.717) is 19.3 Å². The average Bonchev–Trinajstić information content (AvgIpc) is 3.25. The van der Waals surface area contributed by atoms with Crippen LogP contribution in [-0.4, -0.2) is 41.8 Å². The third kappa shape index (κ3) is 3.79. The lowest BCUT2D eigenvalue weighted by Crippen LogP contribution is -2.45. The Balaban J connectivity index is 1.17. The number of hydrogen-bond acceptors (Lipinski definition) is 4.